The van der Waals surface area contributed by atoms with Crippen LogP contribution in [0, 0.1) is 17.0 Å². The summed E-state index contributed by atoms with van der Waals surface area (Å²) in [6.45, 7) is 5.09. The van der Waals surface area contributed by atoms with Gasteiger partial charge in [-0.1, -0.05) is 12.6 Å². The molecular weight excluding hydrogens is 541 g/mol. The fraction of sp³-hybridized carbons (Fsp3) is 0.115. The molecule has 1 aromatic heterocycles. The van der Waals surface area contributed by atoms with Crippen molar-refractivity contribution in [3.63, 3.8) is 0 Å². The molecule has 4 N–H and O–H groups in total. The highest BCUT2D eigenvalue weighted by Crippen LogP contribution is 2.30. The van der Waals surface area contributed by atoms with Crippen LogP contribution in [0.1, 0.15) is 18.4 Å². The molecule has 1 aliphatic rings. The number of sulfonamides is 1. The third-order valence-corrected chi connectivity index (χ3v) is 7.20. The number of hydrogen-bond acceptors (Lipinski definition) is 9. The Morgan fingerprint density at radius 3 is 2.52 bits per heavy atom. The Hall–Kier alpha value is -5.11. The molecule has 0 saturated carbocycles. The van der Waals surface area contributed by atoms with Gasteiger partial charge in [0.25, 0.3) is 10.0 Å². The van der Waals surface area contributed by atoms with Gasteiger partial charge in [-0.25, -0.2) is 17.8 Å². The summed E-state index contributed by atoms with van der Waals surface area (Å²) in [4.78, 5) is 30.9. The third kappa shape index (κ3) is 6.85. The molecule has 0 atom stereocenters. The number of carbonyl (C=O) groups excluding carboxylic acids is 1. The molecule has 3 aromatic rings. The first-order valence-electron chi connectivity index (χ1n) is 11.8. The molecule has 0 spiro atoms. The number of allylic oxidation sites excluding steroid dienone is 4. The van der Waals surface area contributed by atoms with E-state index >= 15 is 0 Å². The summed E-state index contributed by atoms with van der Waals surface area (Å²) in [5, 5.41) is 20.0. The van der Waals surface area contributed by atoms with Crippen molar-refractivity contribution in [1.29, 1.82) is 0 Å². The minimum Gasteiger partial charge on any atom is -0.334 e. The Morgan fingerprint density at radius 1 is 1.10 bits per heavy atom. The maximum absolute atomic E-state index is 13.3. The molecule has 0 aliphatic heterocycles. The van der Waals surface area contributed by atoms with Crippen molar-refractivity contribution >= 4 is 56.1 Å². The molecule has 0 unspecified atom stereocenters. The van der Waals surface area contributed by atoms with E-state index in [1.54, 1.807) is 49.4 Å². The number of nitrogens with zero attached hydrogens (tertiary/aromatic N) is 3. The lowest BCUT2D eigenvalue weighted by molar-refractivity contribution is -0.384. The van der Waals surface area contributed by atoms with E-state index in [1.165, 1.54) is 6.08 Å². The first-order chi connectivity index (χ1) is 19.0. The smallest absolute Gasteiger partial charge is 0.329 e. The van der Waals surface area contributed by atoms with Crippen LogP contribution < -0.4 is 20.7 Å². The van der Waals surface area contributed by atoms with Gasteiger partial charge in [0.2, 0.25) is 17.7 Å². The Labute approximate surface area is 228 Å². The fourth-order valence-electron chi connectivity index (χ4n) is 3.68. The maximum Gasteiger partial charge on any atom is 0.329 e. The van der Waals surface area contributed by atoms with E-state index in [1.807, 2.05) is 0 Å². The standard InChI is InChI=1S/C26H24FN7O5S/c1-3-24(35)29-18-5-4-6-19(14-18)30-25-23(34(36)37)15-28-26(32-25)31-20-9-12-22(16(2)13-20)33-40(38,39)21-10-7-17(27)8-11-21/h3-7,9-10,12-15,33H,1,8,11H2,2H3,(H,29,35)(H2,28,30,31,32). The SMILES string of the molecule is C=CC(=O)Nc1cccc(Nc2nc(Nc3ccc(NS(=O)(=O)C4=CC=C(F)CC4)c(C)c3)ncc2[N+](=O)[O-])c1. The minimum absolute atomic E-state index is 0.0258. The largest absolute Gasteiger partial charge is 0.334 e. The number of benzene rings is 2. The molecule has 12 nitrogen and oxygen atoms in total. The van der Waals surface area contributed by atoms with E-state index in [0.717, 1.165) is 18.3 Å². The van der Waals surface area contributed by atoms with Gasteiger partial charge in [-0.15, -0.1) is 0 Å². The van der Waals surface area contributed by atoms with E-state index in [-0.39, 0.29) is 41.0 Å². The van der Waals surface area contributed by atoms with Crippen LogP contribution in [0.2, 0.25) is 0 Å². The first kappa shape index (κ1) is 27.9. The second kappa shape index (κ2) is 11.7. The molecule has 0 radical (unpaired) electrons. The summed E-state index contributed by atoms with van der Waals surface area (Å²) in [5.74, 6) is -0.840. The van der Waals surface area contributed by atoms with Crippen LogP contribution in [-0.2, 0) is 14.8 Å². The predicted molar refractivity (Wildman–Crippen MR) is 151 cm³/mol. The second-order valence-electron chi connectivity index (χ2n) is 8.59. The number of carbonyl (C=O) groups is 1. The summed E-state index contributed by atoms with van der Waals surface area (Å²) >= 11 is 0. The van der Waals surface area contributed by atoms with E-state index < -0.39 is 20.9 Å². The molecule has 1 aliphatic carbocycles. The van der Waals surface area contributed by atoms with Gasteiger partial charge in [0.05, 0.1) is 15.5 Å². The highest BCUT2D eigenvalue weighted by molar-refractivity contribution is 7.96. The highest BCUT2D eigenvalue weighted by Gasteiger charge is 2.21. The number of rotatable bonds is 10. The Bertz CT molecular complexity index is 1670. The van der Waals surface area contributed by atoms with Crippen molar-refractivity contribution in [1.82, 2.24) is 9.97 Å². The van der Waals surface area contributed by atoms with Gasteiger partial charge in [0.15, 0.2) is 0 Å². The molecule has 40 heavy (non-hydrogen) atoms. The summed E-state index contributed by atoms with van der Waals surface area (Å²) in [7, 11) is -3.86. The Balaban J connectivity index is 1.53. The van der Waals surface area contributed by atoms with Crippen LogP contribution >= 0.6 is 0 Å². The zero-order valence-corrected chi connectivity index (χ0v) is 22.0. The second-order valence-corrected chi connectivity index (χ2v) is 10.3. The molecular formula is C26H24FN7O5S. The maximum atomic E-state index is 13.3. The van der Waals surface area contributed by atoms with Crippen molar-refractivity contribution in [2.45, 2.75) is 19.8 Å². The Kier molecular flexibility index (Phi) is 8.19. The number of nitro groups is 1. The molecule has 0 fully saturated rings. The van der Waals surface area contributed by atoms with Gasteiger partial charge in [-0.2, -0.15) is 4.98 Å². The average molecular weight is 566 g/mol. The lowest BCUT2D eigenvalue weighted by atomic mass is 10.2. The summed E-state index contributed by atoms with van der Waals surface area (Å²) in [5.41, 5.74) is 1.89. The number of hydrogen-bond donors (Lipinski definition) is 4. The van der Waals surface area contributed by atoms with E-state index in [9.17, 15) is 27.7 Å². The van der Waals surface area contributed by atoms with Crippen molar-refractivity contribution in [2.24, 2.45) is 0 Å². The predicted octanol–water partition coefficient (Wildman–Crippen LogP) is 5.58. The number of halogens is 1. The van der Waals surface area contributed by atoms with Gasteiger partial charge in [-0.3, -0.25) is 19.6 Å². The monoisotopic (exact) mass is 565 g/mol. The number of amides is 1. The third-order valence-electron chi connectivity index (χ3n) is 5.68. The van der Waals surface area contributed by atoms with Crippen molar-refractivity contribution in [2.75, 3.05) is 20.7 Å². The highest BCUT2D eigenvalue weighted by atomic mass is 32.2. The number of anilines is 6. The first-order valence-corrected chi connectivity index (χ1v) is 13.3. The summed E-state index contributed by atoms with van der Waals surface area (Å²) < 4.78 is 41.2. The lowest BCUT2D eigenvalue weighted by Crippen LogP contribution is -2.16. The molecule has 2 aromatic carbocycles. The minimum atomic E-state index is -3.86. The van der Waals surface area contributed by atoms with Gasteiger partial charge in [0, 0.05) is 23.5 Å². The molecule has 1 amide bonds. The van der Waals surface area contributed by atoms with E-state index in [2.05, 4.69) is 37.2 Å². The zero-order chi connectivity index (χ0) is 28.9. The fourth-order valence-corrected chi connectivity index (χ4v) is 4.95. The molecule has 4 rings (SSSR count). The van der Waals surface area contributed by atoms with Crippen LogP contribution in [0.4, 0.5) is 44.6 Å². The van der Waals surface area contributed by atoms with Gasteiger partial charge in [-0.05, 0) is 73.5 Å². The van der Waals surface area contributed by atoms with Crippen LogP contribution in [0.3, 0.4) is 0 Å². The normalized spacial score (nSPS) is 12.9. The quantitative estimate of drug-likeness (QED) is 0.139. The molecule has 14 heteroatoms. The average Bonchev–Trinajstić information content (AvgIpc) is 2.90. The van der Waals surface area contributed by atoms with E-state index in [4.69, 9.17) is 0 Å². The van der Waals surface area contributed by atoms with Crippen LogP contribution in [0.25, 0.3) is 0 Å². The molecule has 0 bridgehead atoms. The Morgan fingerprint density at radius 2 is 1.85 bits per heavy atom. The number of aryl methyl sites for hydroxylation is 1. The van der Waals surface area contributed by atoms with Crippen molar-refractivity contribution < 1.29 is 22.5 Å². The van der Waals surface area contributed by atoms with Crippen LogP contribution in [-0.4, -0.2) is 29.2 Å². The number of nitrogens with one attached hydrogen (secondary N) is 4. The number of aromatic nitrogens is 2. The van der Waals surface area contributed by atoms with E-state index in [0.29, 0.717) is 28.3 Å². The van der Waals surface area contributed by atoms with Gasteiger partial charge >= 0.3 is 5.69 Å². The van der Waals surface area contributed by atoms with Gasteiger partial charge in [0.1, 0.15) is 12.0 Å². The summed E-state index contributed by atoms with van der Waals surface area (Å²) in [6, 6.07) is 11.3. The molecule has 206 valence electrons. The van der Waals surface area contributed by atoms with Crippen LogP contribution in [0.15, 0.2) is 84.2 Å². The topological polar surface area (TPSA) is 168 Å². The zero-order valence-electron chi connectivity index (χ0n) is 21.1. The van der Waals surface area contributed by atoms with Crippen LogP contribution in [0.5, 0.6) is 0 Å². The lowest BCUT2D eigenvalue weighted by Gasteiger charge is -2.15. The van der Waals surface area contributed by atoms with Crippen molar-refractivity contribution in [3.8, 4) is 0 Å². The molecule has 0 saturated heterocycles. The summed E-state index contributed by atoms with van der Waals surface area (Å²) in [6.07, 6.45) is 4.65. The van der Waals surface area contributed by atoms with Crippen molar-refractivity contribution in [3.05, 3.63) is 99.9 Å². The van der Waals surface area contributed by atoms with Gasteiger partial charge < -0.3 is 16.0 Å². The molecule has 1 heterocycles.